The Hall–Kier alpha value is -1.76. The van der Waals surface area contributed by atoms with Crippen molar-refractivity contribution in [2.24, 2.45) is 0 Å². The largest absolute Gasteiger partial charge is 0.294 e. The summed E-state index contributed by atoms with van der Waals surface area (Å²) in [5, 5.41) is 0. The molecule has 4 heteroatoms. The summed E-state index contributed by atoms with van der Waals surface area (Å²) in [6, 6.07) is 1.39. The van der Waals surface area contributed by atoms with E-state index in [0.29, 0.717) is 18.6 Å². The van der Waals surface area contributed by atoms with Gasteiger partial charge < -0.3 is 0 Å². The second kappa shape index (κ2) is 5.36. The number of benzene rings is 1. The summed E-state index contributed by atoms with van der Waals surface area (Å²) >= 11 is 0. The number of rotatable bonds is 3. The number of carbonyl (C=O) groups is 1. The zero-order valence-corrected chi connectivity index (χ0v) is 8.61. The highest BCUT2D eigenvalue weighted by atomic mass is 19.2. The third kappa shape index (κ3) is 2.86. The average molecular weight is 226 g/mol. The van der Waals surface area contributed by atoms with E-state index in [1.54, 1.807) is 6.92 Å². The molecule has 0 heterocycles. The molecule has 0 aliphatic rings. The minimum absolute atomic E-state index is 0.0609. The Labute approximate surface area is 91.3 Å². The van der Waals surface area contributed by atoms with Crippen LogP contribution in [0.4, 0.5) is 13.2 Å². The Kier molecular flexibility index (Phi) is 4.12. The van der Waals surface area contributed by atoms with E-state index in [1.807, 2.05) is 0 Å². The Morgan fingerprint density at radius 2 is 1.81 bits per heavy atom. The number of carbonyl (C=O) groups excluding carboxylic acids is 1. The van der Waals surface area contributed by atoms with Gasteiger partial charge >= 0.3 is 0 Å². The van der Waals surface area contributed by atoms with Gasteiger partial charge in [0.25, 0.3) is 0 Å². The quantitative estimate of drug-likeness (QED) is 0.439. The van der Waals surface area contributed by atoms with Crippen LogP contribution in [0.15, 0.2) is 12.1 Å². The van der Waals surface area contributed by atoms with Gasteiger partial charge in [-0.25, -0.2) is 13.2 Å². The van der Waals surface area contributed by atoms with Gasteiger partial charge in [0, 0.05) is 18.4 Å². The summed E-state index contributed by atoms with van der Waals surface area (Å²) in [7, 11) is 0. The first kappa shape index (κ1) is 12.3. The topological polar surface area (TPSA) is 17.1 Å². The molecule has 0 atom stereocenters. The summed E-state index contributed by atoms with van der Waals surface area (Å²) < 4.78 is 38.2. The molecule has 0 bridgehead atoms. The predicted molar refractivity (Wildman–Crippen MR) is 53.3 cm³/mol. The normalized spacial score (nSPS) is 9.50. The zero-order chi connectivity index (χ0) is 12.1. The van der Waals surface area contributed by atoms with E-state index < -0.39 is 23.2 Å². The fraction of sp³-hybridized carbons (Fsp3) is 0.250. The van der Waals surface area contributed by atoms with Gasteiger partial charge in [0.1, 0.15) is 0 Å². The molecule has 0 saturated heterocycles. The van der Waals surface area contributed by atoms with Crippen molar-refractivity contribution < 1.29 is 18.0 Å². The van der Waals surface area contributed by atoms with E-state index in [2.05, 4.69) is 11.8 Å². The maximum atomic E-state index is 12.8. The predicted octanol–water partition coefficient (Wildman–Crippen LogP) is 3.09. The Bertz CT molecular complexity index is 446. The lowest BCUT2D eigenvalue weighted by atomic mass is 10.1. The van der Waals surface area contributed by atoms with Crippen LogP contribution in [0.25, 0.3) is 0 Å². The second-order valence-electron chi connectivity index (χ2n) is 3.10. The Balaban J connectivity index is 2.87. The van der Waals surface area contributed by atoms with Crippen molar-refractivity contribution in [3.63, 3.8) is 0 Å². The molecule has 1 rings (SSSR count). The van der Waals surface area contributed by atoms with Crippen LogP contribution in [0.3, 0.4) is 0 Å². The first-order chi connectivity index (χ1) is 7.56. The number of hydrogen-bond acceptors (Lipinski definition) is 1. The molecule has 0 N–H and O–H groups in total. The third-order valence-electron chi connectivity index (χ3n) is 1.96. The molecule has 0 amide bonds. The summed E-state index contributed by atoms with van der Waals surface area (Å²) in [6.45, 7) is 1.63. The van der Waals surface area contributed by atoms with Crippen LogP contribution in [-0.4, -0.2) is 5.78 Å². The number of hydrogen-bond donors (Lipinski definition) is 0. The molecule has 0 spiro atoms. The van der Waals surface area contributed by atoms with Crippen LogP contribution in [0.5, 0.6) is 0 Å². The average Bonchev–Trinajstić information content (AvgIpc) is 2.25. The zero-order valence-electron chi connectivity index (χ0n) is 8.61. The number of ketones is 1. The standard InChI is InChI=1S/C12H9F3O/c1-2-3-4-5-11(16)8-6-9(13)12(15)10(14)7-8/h6-7H,4-5H2,1H3. The number of Topliss-reactive ketones (excluding diaryl/α,β-unsaturated/α-hetero) is 1. The Morgan fingerprint density at radius 1 is 1.25 bits per heavy atom. The highest BCUT2D eigenvalue weighted by molar-refractivity contribution is 5.96. The van der Waals surface area contributed by atoms with Crippen molar-refractivity contribution in [3.8, 4) is 11.8 Å². The SMILES string of the molecule is CC#CCCC(=O)c1cc(F)c(F)c(F)c1. The molecule has 0 saturated carbocycles. The van der Waals surface area contributed by atoms with Gasteiger partial charge in [-0.05, 0) is 19.1 Å². The van der Waals surface area contributed by atoms with Crippen LogP contribution >= 0.6 is 0 Å². The summed E-state index contributed by atoms with van der Waals surface area (Å²) in [6.07, 6.45) is 0.376. The van der Waals surface area contributed by atoms with Crippen molar-refractivity contribution in [2.75, 3.05) is 0 Å². The smallest absolute Gasteiger partial charge is 0.194 e. The minimum atomic E-state index is -1.56. The van der Waals surface area contributed by atoms with Crippen LogP contribution < -0.4 is 0 Å². The van der Waals surface area contributed by atoms with E-state index >= 15 is 0 Å². The van der Waals surface area contributed by atoms with Gasteiger partial charge in [0.2, 0.25) is 0 Å². The van der Waals surface area contributed by atoms with Crippen LogP contribution in [0.1, 0.15) is 30.1 Å². The molecule has 1 nitrogen and oxygen atoms in total. The maximum absolute atomic E-state index is 12.8. The lowest BCUT2D eigenvalue weighted by molar-refractivity contribution is 0.0983. The monoisotopic (exact) mass is 226 g/mol. The van der Waals surface area contributed by atoms with Gasteiger partial charge in [-0.15, -0.1) is 11.8 Å². The van der Waals surface area contributed by atoms with Crippen LogP contribution in [-0.2, 0) is 0 Å². The maximum Gasteiger partial charge on any atom is 0.194 e. The van der Waals surface area contributed by atoms with Crippen LogP contribution in [0, 0.1) is 29.3 Å². The fourth-order valence-corrected chi connectivity index (χ4v) is 1.16. The molecular weight excluding hydrogens is 217 g/mol. The summed E-state index contributed by atoms with van der Waals surface area (Å²) in [5.41, 5.74) is -0.172. The first-order valence-corrected chi connectivity index (χ1v) is 4.63. The van der Waals surface area contributed by atoms with Gasteiger partial charge in [0.15, 0.2) is 23.2 Å². The summed E-state index contributed by atoms with van der Waals surface area (Å²) in [5.74, 6) is 0.517. The van der Waals surface area contributed by atoms with Crippen molar-refractivity contribution in [1.29, 1.82) is 0 Å². The lowest BCUT2D eigenvalue weighted by Crippen LogP contribution is -2.02. The first-order valence-electron chi connectivity index (χ1n) is 4.63. The van der Waals surface area contributed by atoms with E-state index in [0.717, 1.165) is 0 Å². The van der Waals surface area contributed by atoms with Crippen molar-refractivity contribution in [2.45, 2.75) is 19.8 Å². The minimum Gasteiger partial charge on any atom is -0.294 e. The van der Waals surface area contributed by atoms with E-state index in [-0.39, 0.29) is 12.0 Å². The molecule has 0 fully saturated rings. The van der Waals surface area contributed by atoms with Gasteiger partial charge in [-0.1, -0.05) is 0 Å². The molecular formula is C12H9F3O. The Morgan fingerprint density at radius 3 is 2.31 bits per heavy atom. The molecule has 0 radical (unpaired) electrons. The molecule has 0 aliphatic carbocycles. The third-order valence-corrected chi connectivity index (χ3v) is 1.96. The van der Waals surface area contributed by atoms with Crippen molar-refractivity contribution >= 4 is 5.78 Å². The van der Waals surface area contributed by atoms with E-state index in [9.17, 15) is 18.0 Å². The molecule has 0 aromatic heterocycles. The highest BCUT2D eigenvalue weighted by Crippen LogP contribution is 2.15. The second-order valence-corrected chi connectivity index (χ2v) is 3.10. The number of halogens is 3. The van der Waals surface area contributed by atoms with E-state index in [4.69, 9.17) is 0 Å². The molecule has 84 valence electrons. The lowest BCUT2D eigenvalue weighted by Gasteiger charge is -2.01. The van der Waals surface area contributed by atoms with Gasteiger partial charge in [0.05, 0.1) is 0 Å². The van der Waals surface area contributed by atoms with Crippen molar-refractivity contribution in [3.05, 3.63) is 35.1 Å². The summed E-state index contributed by atoms with van der Waals surface area (Å²) in [4.78, 5) is 11.4. The van der Waals surface area contributed by atoms with Crippen LogP contribution in [0.2, 0.25) is 0 Å². The molecule has 0 aliphatic heterocycles. The highest BCUT2D eigenvalue weighted by Gasteiger charge is 2.14. The molecule has 1 aromatic rings. The van der Waals surface area contributed by atoms with E-state index in [1.165, 1.54) is 0 Å². The molecule has 1 aromatic carbocycles. The molecule has 0 unspecified atom stereocenters. The van der Waals surface area contributed by atoms with Gasteiger partial charge in [-0.2, -0.15) is 0 Å². The fourth-order valence-electron chi connectivity index (χ4n) is 1.16. The van der Waals surface area contributed by atoms with Crippen molar-refractivity contribution in [1.82, 2.24) is 0 Å². The van der Waals surface area contributed by atoms with Gasteiger partial charge in [-0.3, -0.25) is 4.79 Å². The molecule has 16 heavy (non-hydrogen) atoms.